The Kier molecular flexibility index (Phi) is 5.56. The molecule has 17 heavy (non-hydrogen) atoms. The zero-order chi connectivity index (χ0) is 13.1. The number of hydrogen-bond donors (Lipinski definition) is 1. The second-order valence-electron chi connectivity index (χ2n) is 6.92. The minimum Gasteiger partial charge on any atom is -0.390 e. The summed E-state index contributed by atoms with van der Waals surface area (Å²) in [5.74, 6) is 2.25. The van der Waals surface area contributed by atoms with Crippen molar-refractivity contribution in [3.8, 4) is 0 Å². The van der Waals surface area contributed by atoms with Gasteiger partial charge in [0.2, 0.25) is 0 Å². The van der Waals surface area contributed by atoms with Crippen LogP contribution in [0.15, 0.2) is 0 Å². The number of hydrogen-bond acceptors (Lipinski definition) is 1. The minimum atomic E-state index is -0.494. The topological polar surface area (TPSA) is 20.2 Å². The van der Waals surface area contributed by atoms with E-state index in [0.29, 0.717) is 17.7 Å². The van der Waals surface area contributed by atoms with E-state index in [4.69, 9.17) is 7.85 Å². The predicted octanol–water partition coefficient (Wildman–Crippen LogP) is 3.96. The Labute approximate surface area is 109 Å². The summed E-state index contributed by atoms with van der Waals surface area (Å²) in [6, 6.07) is 0. The summed E-state index contributed by atoms with van der Waals surface area (Å²) in [6.07, 6.45) is 6.38. The lowest BCUT2D eigenvalue weighted by Crippen LogP contribution is -2.27. The third-order valence-electron chi connectivity index (χ3n) is 4.35. The molecule has 1 N–H and O–H groups in total. The molecular formula is C15H29BO. The lowest BCUT2D eigenvalue weighted by molar-refractivity contribution is 0.0230. The van der Waals surface area contributed by atoms with E-state index in [1.54, 1.807) is 0 Å². The van der Waals surface area contributed by atoms with Crippen LogP contribution in [0.25, 0.3) is 0 Å². The van der Waals surface area contributed by atoms with E-state index < -0.39 is 5.60 Å². The highest BCUT2D eigenvalue weighted by Gasteiger charge is 2.26. The molecule has 0 spiro atoms. The van der Waals surface area contributed by atoms with E-state index in [1.165, 1.54) is 12.8 Å². The van der Waals surface area contributed by atoms with Gasteiger partial charge in [-0.25, -0.2) is 0 Å². The maximum Gasteiger partial charge on any atom is 0.0703 e. The quantitative estimate of drug-likeness (QED) is 0.631. The number of rotatable bonds is 0. The molecule has 1 saturated carbocycles. The molecule has 1 aliphatic carbocycles. The van der Waals surface area contributed by atoms with E-state index in [2.05, 4.69) is 20.8 Å². The fraction of sp³-hybridized carbons (Fsp3) is 1.00. The third-order valence-corrected chi connectivity index (χ3v) is 4.35. The summed E-state index contributed by atoms with van der Waals surface area (Å²) in [6.45, 7) is 8.86. The summed E-state index contributed by atoms with van der Waals surface area (Å²) in [4.78, 5) is 0. The van der Waals surface area contributed by atoms with Crippen molar-refractivity contribution in [2.24, 2.45) is 17.8 Å². The molecular weight excluding hydrogens is 207 g/mol. The molecule has 0 bridgehead atoms. The lowest BCUT2D eigenvalue weighted by Gasteiger charge is -2.27. The Bertz CT molecular complexity index is 227. The fourth-order valence-corrected chi connectivity index (χ4v) is 3.53. The Morgan fingerprint density at radius 3 is 2.41 bits per heavy atom. The van der Waals surface area contributed by atoms with E-state index >= 15 is 0 Å². The van der Waals surface area contributed by atoms with Crippen LogP contribution in [0.1, 0.15) is 66.2 Å². The van der Waals surface area contributed by atoms with Gasteiger partial charge in [-0.05, 0) is 50.4 Å². The molecule has 0 aromatic rings. The summed E-state index contributed by atoms with van der Waals surface area (Å²) in [5, 5.41) is 10.4. The van der Waals surface area contributed by atoms with Crippen LogP contribution in [-0.4, -0.2) is 18.6 Å². The van der Waals surface area contributed by atoms with Crippen molar-refractivity contribution in [3.05, 3.63) is 0 Å². The predicted molar refractivity (Wildman–Crippen MR) is 75.3 cm³/mol. The maximum absolute atomic E-state index is 10.4. The van der Waals surface area contributed by atoms with E-state index in [-0.39, 0.29) is 0 Å². The zero-order valence-corrected chi connectivity index (χ0v) is 12.1. The van der Waals surface area contributed by atoms with Crippen molar-refractivity contribution in [1.82, 2.24) is 0 Å². The Balaban J connectivity index is 2.66. The van der Waals surface area contributed by atoms with Crippen molar-refractivity contribution in [3.63, 3.8) is 0 Å². The van der Waals surface area contributed by atoms with Crippen molar-refractivity contribution in [1.29, 1.82) is 0 Å². The monoisotopic (exact) mass is 236 g/mol. The van der Waals surface area contributed by atoms with Gasteiger partial charge in [-0.1, -0.05) is 39.4 Å². The highest BCUT2D eigenvalue weighted by molar-refractivity contribution is 6.11. The van der Waals surface area contributed by atoms with Crippen molar-refractivity contribution < 1.29 is 5.11 Å². The van der Waals surface area contributed by atoms with Crippen LogP contribution >= 0.6 is 0 Å². The molecule has 0 amide bonds. The normalized spacial score (nSPS) is 46.2. The van der Waals surface area contributed by atoms with Gasteiger partial charge in [0.05, 0.1) is 13.4 Å². The van der Waals surface area contributed by atoms with Gasteiger partial charge in [0.1, 0.15) is 0 Å². The molecule has 2 radical (unpaired) electrons. The van der Waals surface area contributed by atoms with Crippen LogP contribution in [0.3, 0.4) is 0 Å². The van der Waals surface area contributed by atoms with Crippen molar-refractivity contribution in [2.75, 3.05) is 0 Å². The Morgan fingerprint density at radius 1 is 1.12 bits per heavy atom. The smallest absolute Gasteiger partial charge is 0.0703 e. The van der Waals surface area contributed by atoms with Crippen LogP contribution in [0, 0.1) is 17.8 Å². The van der Waals surface area contributed by atoms with Gasteiger partial charge in [-0.2, -0.15) is 0 Å². The molecule has 98 valence electrons. The van der Waals surface area contributed by atoms with Crippen LogP contribution in [0.2, 0.25) is 5.82 Å². The summed E-state index contributed by atoms with van der Waals surface area (Å²) in [7, 11) is 6.22. The van der Waals surface area contributed by atoms with Gasteiger partial charge >= 0.3 is 0 Å². The SMILES string of the molecule is [B]C1CCCC(C)(O)CC(C)CC(C)CC1C. The third kappa shape index (κ3) is 5.46. The first-order chi connectivity index (χ1) is 7.80. The number of aliphatic hydroxyl groups is 1. The zero-order valence-electron chi connectivity index (χ0n) is 12.1. The second-order valence-corrected chi connectivity index (χ2v) is 6.92. The highest BCUT2D eigenvalue weighted by Crippen LogP contribution is 2.34. The molecule has 5 atom stereocenters. The van der Waals surface area contributed by atoms with Gasteiger partial charge in [0, 0.05) is 0 Å². The lowest BCUT2D eigenvalue weighted by atomic mass is 9.71. The average Bonchev–Trinajstić information content (AvgIpc) is 2.14. The van der Waals surface area contributed by atoms with Gasteiger partial charge in [0.15, 0.2) is 0 Å². The largest absolute Gasteiger partial charge is 0.390 e. The molecule has 1 fully saturated rings. The van der Waals surface area contributed by atoms with Crippen LogP contribution in [-0.2, 0) is 0 Å². The Morgan fingerprint density at radius 2 is 1.76 bits per heavy atom. The second kappa shape index (κ2) is 6.27. The van der Waals surface area contributed by atoms with Crippen LogP contribution in [0.5, 0.6) is 0 Å². The van der Waals surface area contributed by atoms with E-state index in [0.717, 1.165) is 31.6 Å². The standard InChI is InChI=1S/C15H29BO/c1-11-8-12(2)10-15(4,17)7-5-6-14(16)13(3)9-11/h11-14,17H,5-10H2,1-4H3. The fourth-order valence-electron chi connectivity index (χ4n) is 3.53. The molecule has 0 aromatic heterocycles. The van der Waals surface area contributed by atoms with Gasteiger partial charge in [0.25, 0.3) is 0 Å². The van der Waals surface area contributed by atoms with Crippen LogP contribution < -0.4 is 0 Å². The maximum atomic E-state index is 10.4. The molecule has 0 heterocycles. The average molecular weight is 236 g/mol. The van der Waals surface area contributed by atoms with Gasteiger partial charge in [-0.3, -0.25) is 0 Å². The summed E-state index contributed by atoms with van der Waals surface area (Å²) in [5.41, 5.74) is -0.494. The first-order valence-corrected chi connectivity index (χ1v) is 7.28. The molecule has 1 nitrogen and oxygen atoms in total. The molecule has 0 aromatic carbocycles. The molecule has 5 unspecified atom stereocenters. The van der Waals surface area contributed by atoms with Crippen LogP contribution in [0.4, 0.5) is 0 Å². The summed E-state index contributed by atoms with van der Waals surface area (Å²) >= 11 is 0. The molecule has 0 saturated heterocycles. The first-order valence-electron chi connectivity index (χ1n) is 7.28. The Hall–Kier alpha value is 0.0249. The highest BCUT2D eigenvalue weighted by atomic mass is 16.3. The minimum absolute atomic E-state index is 0.307. The molecule has 1 rings (SSSR count). The van der Waals surface area contributed by atoms with Gasteiger partial charge < -0.3 is 5.11 Å². The summed E-state index contributed by atoms with van der Waals surface area (Å²) < 4.78 is 0. The molecule has 1 aliphatic rings. The molecule has 2 heteroatoms. The first kappa shape index (κ1) is 15.1. The van der Waals surface area contributed by atoms with Crippen molar-refractivity contribution >= 4 is 7.85 Å². The van der Waals surface area contributed by atoms with E-state index in [1.807, 2.05) is 6.92 Å². The molecule has 0 aliphatic heterocycles. The van der Waals surface area contributed by atoms with E-state index in [9.17, 15) is 5.11 Å². The van der Waals surface area contributed by atoms with Crippen molar-refractivity contribution in [2.45, 2.75) is 77.6 Å². The van der Waals surface area contributed by atoms with Gasteiger partial charge in [-0.15, -0.1) is 0 Å².